The molecule has 0 N–H and O–H groups in total. The van der Waals surface area contributed by atoms with Crippen LogP contribution in [0.15, 0.2) is 71.3 Å². The Balaban J connectivity index is 1.61. The van der Waals surface area contributed by atoms with Gasteiger partial charge in [-0.3, -0.25) is 4.79 Å². The number of ether oxygens (including phenoxy) is 2. The monoisotopic (exact) mass is 332 g/mol. The summed E-state index contributed by atoms with van der Waals surface area (Å²) >= 11 is 0. The zero-order chi connectivity index (χ0) is 17.2. The highest BCUT2D eigenvalue weighted by Crippen LogP contribution is 2.30. The van der Waals surface area contributed by atoms with Gasteiger partial charge in [0, 0.05) is 10.9 Å². The van der Waals surface area contributed by atoms with Gasteiger partial charge in [-0.2, -0.15) is 0 Å². The highest BCUT2D eigenvalue weighted by Gasteiger charge is 2.14. The van der Waals surface area contributed by atoms with Gasteiger partial charge in [0.1, 0.15) is 17.1 Å². The van der Waals surface area contributed by atoms with Crippen molar-refractivity contribution in [3.05, 3.63) is 72.5 Å². The van der Waals surface area contributed by atoms with E-state index in [0.29, 0.717) is 11.5 Å². The molecule has 0 spiro atoms. The molecular formula is C21H16O4. The van der Waals surface area contributed by atoms with Gasteiger partial charge in [0.2, 0.25) is 0 Å². The second kappa shape index (κ2) is 6.32. The largest absolute Gasteiger partial charge is 0.497 e. The number of carbonyl (C=O) groups is 1. The molecule has 4 aromatic rings. The first-order valence-electron chi connectivity index (χ1n) is 7.97. The van der Waals surface area contributed by atoms with Crippen LogP contribution in [0.1, 0.15) is 5.56 Å². The summed E-state index contributed by atoms with van der Waals surface area (Å²) in [5.74, 6) is 0.872. The van der Waals surface area contributed by atoms with E-state index in [2.05, 4.69) is 0 Å². The highest BCUT2D eigenvalue weighted by atomic mass is 16.5. The van der Waals surface area contributed by atoms with Crippen LogP contribution < -0.4 is 9.47 Å². The van der Waals surface area contributed by atoms with Crippen LogP contribution in [-0.4, -0.2) is 13.1 Å². The van der Waals surface area contributed by atoms with Gasteiger partial charge in [0.15, 0.2) is 0 Å². The van der Waals surface area contributed by atoms with Crippen LogP contribution in [0.2, 0.25) is 0 Å². The van der Waals surface area contributed by atoms with Crippen molar-refractivity contribution in [2.75, 3.05) is 7.11 Å². The zero-order valence-corrected chi connectivity index (χ0v) is 13.7. The van der Waals surface area contributed by atoms with Crippen LogP contribution in [0.3, 0.4) is 0 Å². The number of furan rings is 1. The van der Waals surface area contributed by atoms with E-state index < -0.39 is 0 Å². The molecule has 1 aromatic heterocycles. The van der Waals surface area contributed by atoms with Crippen molar-refractivity contribution in [1.82, 2.24) is 0 Å². The Morgan fingerprint density at radius 2 is 1.72 bits per heavy atom. The van der Waals surface area contributed by atoms with E-state index >= 15 is 0 Å². The molecule has 4 nitrogen and oxygen atoms in total. The number of hydrogen-bond donors (Lipinski definition) is 0. The van der Waals surface area contributed by atoms with Crippen LogP contribution in [0.25, 0.3) is 21.7 Å². The molecule has 0 saturated carbocycles. The van der Waals surface area contributed by atoms with Crippen molar-refractivity contribution in [1.29, 1.82) is 0 Å². The summed E-state index contributed by atoms with van der Waals surface area (Å²) in [6.07, 6.45) is 1.78. The van der Waals surface area contributed by atoms with Gasteiger partial charge >= 0.3 is 5.97 Å². The predicted octanol–water partition coefficient (Wildman–Crippen LogP) is 4.74. The average molecular weight is 332 g/mol. The summed E-state index contributed by atoms with van der Waals surface area (Å²) in [6, 6.07) is 18.9. The molecular weight excluding hydrogens is 316 g/mol. The molecule has 0 aliphatic carbocycles. The molecule has 0 aliphatic heterocycles. The molecule has 3 aromatic carbocycles. The quantitative estimate of drug-likeness (QED) is 0.400. The molecule has 0 aliphatic rings. The lowest BCUT2D eigenvalue weighted by molar-refractivity contribution is -0.133. The van der Waals surface area contributed by atoms with Gasteiger partial charge in [-0.1, -0.05) is 30.3 Å². The Morgan fingerprint density at radius 3 is 2.52 bits per heavy atom. The van der Waals surface area contributed by atoms with Crippen LogP contribution >= 0.6 is 0 Å². The van der Waals surface area contributed by atoms with Gasteiger partial charge in [0.25, 0.3) is 0 Å². The fourth-order valence-corrected chi connectivity index (χ4v) is 2.97. The SMILES string of the molecule is COc1ccc(OC(=O)Cc2coc3ccc4ccccc4c23)cc1. The number of methoxy groups -OCH3 is 1. The minimum atomic E-state index is -0.333. The minimum absolute atomic E-state index is 0.146. The molecule has 1 heterocycles. The summed E-state index contributed by atoms with van der Waals surface area (Å²) in [5.41, 5.74) is 1.59. The van der Waals surface area contributed by atoms with Crippen LogP contribution in [0.4, 0.5) is 0 Å². The third-order valence-corrected chi connectivity index (χ3v) is 4.17. The lowest BCUT2D eigenvalue weighted by atomic mass is 10.0. The van der Waals surface area contributed by atoms with E-state index in [1.54, 1.807) is 37.6 Å². The molecule has 0 amide bonds. The molecule has 124 valence electrons. The van der Waals surface area contributed by atoms with Crippen molar-refractivity contribution >= 4 is 27.7 Å². The Morgan fingerprint density at radius 1 is 0.960 bits per heavy atom. The van der Waals surface area contributed by atoms with E-state index in [1.165, 1.54) is 0 Å². The smallest absolute Gasteiger partial charge is 0.315 e. The molecule has 0 atom stereocenters. The van der Waals surface area contributed by atoms with Gasteiger partial charge in [-0.05, 0) is 41.1 Å². The zero-order valence-electron chi connectivity index (χ0n) is 13.7. The van der Waals surface area contributed by atoms with Crippen molar-refractivity contribution in [3.63, 3.8) is 0 Å². The molecule has 4 heteroatoms. The molecule has 0 unspecified atom stereocenters. The van der Waals surface area contributed by atoms with Gasteiger partial charge in [0.05, 0.1) is 19.8 Å². The first kappa shape index (κ1) is 15.3. The highest BCUT2D eigenvalue weighted by molar-refractivity contribution is 6.08. The molecule has 0 radical (unpaired) electrons. The molecule has 25 heavy (non-hydrogen) atoms. The average Bonchev–Trinajstić information content (AvgIpc) is 3.05. The summed E-state index contributed by atoms with van der Waals surface area (Å²) in [7, 11) is 1.59. The number of esters is 1. The molecule has 0 saturated heterocycles. The number of carbonyl (C=O) groups excluding carboxylic acids is 1. The maximum atomic E-state index is 12.3. The van der Waals surface area contributed by atoms with E-state index in [4.69, 9.17) is 13.9 Å². The van der Waals surface area contributed by atoms with Crippen molar-refractivity contribution in [2.24, 2.45) is 0 Å². The maximum absolute atomic E-state index is 12.3. The van der Waals surface area contributed by atoms with Crippen LogP contribution in [0.5, 0.6) is 11.5 Å². The van der Waals surface area contributed by atoms with E-state index in [1.807, 2.05) is 36.4 Å². The third-order valence-electron chi connectivity index (χ3n) is 4.17. The Bertz CT molecular complexity index is 1040. The first-order chi connectivity index (χ1) is 12.2. The minimum Gasteiger partial charge on any atom is -0.497 e. The summed E-state index contributed by atoms with van der Waals surface area (Å²) in [4.78, 5) is 12.3. The second-order valence-corrected chi connectivity index (χ2v) is 5.75. The lowest BCUT2D eigenvalue weighted by Gasteiger charge is -2.05. The number of fused-ring (bicyclic) bond motifs is 3. The van der Waals surface area contributed by atoms with Crippen molar-refractivity contribution in [2.45, 2.75) is 6.42 Å². The van der Waals surface area contributed by atoms with E-state index in [9.17, 15) is 4.79 Å². The summed E-state index contributed by atoms with van der Waals surface area (Å²) in [6.45, 7) is 0. The van der Waals surface area contributed by atoms with Gasteiger partial charge in [-0.25, -0.2) is 0 Å². The first-order valence-corrected chi connectivity index (χ1v) is 7.97. The van der Waals surface area contributed by atoms with Crippen LogP contribution in [0, 0.1) is 0 Å². The lowest BCUT2D eigenvalue weighted by Crippen LogP contribution is -2.10. The fraction of sp³-hybridized carbons (Fsp3) is 0.0952. The summed E-state index contributed by atoms with van der Waals surface area (Å²) in [5, 5.41) is 3.15. The number of benzene rings is 3. The van der Waals surface area contributed by atoms with Gasteiger partial charge in [-0.15, -0.1) is 0 Å². The van der Waals surface area contributed by atoms with E-state index in [-0.39, 0.29) is 12.4 Å². The Kier molecular flexibility index (Phi) is 3.86. The topological polar surface area (TPSA) is 48.7 Å². The fourth-order valence-electron chi connectivity index (χ4n) is 2.97. The Labute approximate surface area is 144 Å². The van der Waals surface area contributed by atoms with Crippen LogP contribution in [-0.2, 0) is 11.2 Å². The predicted molar refractivity (Wildman–Crippen MR) is 96.1 cm³/mol. The normalized spacial score (nSPS) is 10.9. The third kappa shape index (κ3) is 2.94. The standard InChI is InChI=1S/C21H16O4/c1-23-16-7-9-17(10-8-16)25-20(22)12-15-13-24-19-11-6-14-4-2-3-5-18(14)21(15)19/h2-11,13H,12H2,1H3. The molecule has 0 bridgehead atoms. The molecule has 0 fully saturated rings. The van der Waals surface area contributed by atoms with Crippen molar-refractivity contribution < 1.29 is 18.7 Å². The number of hydrogen-bond acceptors (Lipinski definition) is 4. The van der Waals surface area contributed by atoms with Gasteiger partial charge < -0.3 is 13.9 Å². The Hall–Kier alpha value is -3.27. The maximum Gasteiger partial charge on any atom is 0.315 e. The van der Waals surface area contributed by atoms with Crippen molar-refractivity contribution in [3.8, 4) is 11.5 Å². The summed E-state index contributed by atoms with van der Waals surface area (Å²) < 4.78 is 16.1. The number of rotatable bonds is 4. The van der Waals surface area contributed by atoms with E-state index in [0.717, 1.165) is 27.3 Å². The second-order valence-electron chi connectivity index (χ2n) is 5.75. The molecule has 4 rings (SSSR count).